The van der Waals surface area contributed by atoms with Crippen LogP contribution in [0, 0.1) is 0 Å². The summed E-state index contributed by atoms with van der Waals surface area (Å²) in [6, 6.07) is 0. The summed E-state index contributed by atoms with van der Waals surface area (Å²) in [4.78, 5) is 21.0. The van der Waals surface area contributed by atoms with E-state index in [9.17, 15) is 35.4 Å². The van der Waals surface area contributed by atoms with Gasteiger partial charge >= 0.3 is 0 Å². The number of nitrogen functional groups attached to an aromatic ring is 1. The van der Waals surface area contributed by atoms with Gasteiger partial charge in [0.1, 0.15) is 36.6 Å². The molecule has 29 heavy (non-hydrogen) atoms. The van der Waals surface area contributed by atoms with Gasteiger partial charge in [-0.1, -0.05) is 0 Å². The molecule has 0 saturated carbocycles. The van der Waals surface area contributed by atoms with Crippen LogP contribution in [0.5, 0.6) is 0 Å². The normalized spacial score (nSPS) is 37.6. The molecular formula is C15H21N5O9. The molecule has 2 fully saturated rings. The molecule has 2 aliphatic heterocycles. The lowest BCUT2D eigenvalue weighted by molar-refractivity contribution is -0.0537. The topological polar surface area (TPSA) is 219 Å². The summed E-state index contributed by atoms with van der Waals surface area (Å²) in [6.07, 6.45) is -9.35. The second-order valence-corrected chi connectivity index (χ2v) is 6.93. The van der Waals surface area contributed by atoms with Crippen molar-refractivity contribution in [3.05, 3.63) is 16.7 Å². The van der Waals surface area contributed by atoms with Crippen molar-refractivity contribution >= 4 is 17.1 Å². The number of nitrogens with zero attached hydrogens (tertiary/aromatic N) is 4. The number of aliphatic hydroxyl groups is 6. The zero-order chi connectivity index (χ0) is 21.0. The fraction of sp³-hybridized carbons (Fsp3) is 0.667. The summed E-state index contributed by atoms with van der Waals surface area (Å²) in [5.41, 5.74) is 4.82. The molecule has 8 atom stereocenters. The number of nitrogens with two attached hydrogens (primary N) is 1. The van der Waals surface area contributed by atoms with Crippen molar-refractivity contribution in [3.8, 4) is 0 Å². The number of aliphatic hydroxyl groups excluding tert-OH is 6. The lowest BCUT2D eigenvalue weighted by Gasteiger charge is -2.20. The van der Waals surface area contributed by atoms with E-state index in [1.807, 2.05) is 0 Å². The average molecular weight is 415 g/mol. The van der Waals surface area contributed by atoms with Crippen LogP contribution in [0.3, 0.4) is 0 Å². The molecule has 2 aromatic heterocycles. The van der Waals surface area contributed by atoms with Gasteiger partial charge in [0.15, 0.2) is 23.6 Å². The minimum Gasteiger partial charge on any atom is -0.394 e. The van der Waals surface area contributed by atoms with E-state index in [0.717, 1.165) is 10.9 Å². The Labute approximate surface area is 162 Å². The van der Waals surface area contributed by atoms with Crippen molar-refractivity contribution < 1.29 is 40.1 Å². The first kappa shape index (κ1) is 20.1. The second-order valence-electron chi connectivity index (χ2n) is 6.93. The predicted octanol–water partition coefficient (Wildman–Crippen LogP) is -4.60. The lowest BCUT2D eigenvalue weighted by atomic mass is 10.1. The first-order chi connectivity index (χ1) is 13.8. The Balaban J connectivity index is 1.76. The second kappa shape index (κ2) is 7.26. The Kier molecular flexibility index (Phi) is 5.04. The smallest absolute Gasteiger partial charge is 0.285 e. The van der Waals surface area contributed by atoms with E-state index in [4.69, 9.17) is 15.2 Å². The van der Waals surface area contributed by atoms with Gasteiger partial charge < -0.3 is 45.8 Å². The highest BCUT2D eigenvalue weighted by Crippen LogP contribution is 2.32. The lowest BCUT2D eigenvalue weighted by Crippen LogP contribution is -2.37. The highest BCUT2D eigenvalue weighted by molar-refractivity contribution is 5.71. The highest BCUT2D eigenvalue weighted by Gasteiger charge is 2.46. The number of hydrogen-bond donors (Lipinski definition) is 7. The van der Waals surface area contributed by atoms with Crippen molar-refractivity contribution in [2.45, 2.75) is 49.1 Å². The Morgan fingerprint density at radius 3 is 2.07 bits per heavy atom. The van der Waals surface area contributed by atoms with Gasteiger partial charge in [-0.2, -0.15) is 4.98 Å². The Bertz CT molecular complexity index is 964. The number of hydrogen-bond acceptors (Lipinski definition) is 12. The molecule has 2 saturated heterocycles. The maximum absolute atomic E-state index is 12.9. The van der Waals surface area contributed by atoms with Crippen LogP contribution in [0.4, 0.5) is 5.95 Å². The first-order valence-electron chi connectivity index (χ1n) is 8.79. The van der Waals surface area contributed by atoms with Crippen molar-refractivity contribution in [2.75, 3.05) is 18.9 Å². The Morgan fingerprint density at radius 2 is 1.52 bits per heavy atom. The zero-order valence-corrected chi connectivity index (χ0v) is 14.9. The molecule has 0 aliphatic carbocycles. The Morgan fingerprint density at radius 1 is 0.966 bits per heavy atom. The van der Waals surface area contributed by atoms with Gasteiger partial charge in [-0.05, 0) is 0 Å². The summed E-state index contributed by atoms with van der Waals surface area (Å²) in [5, 5.41) is 58.7. The van der Waals surface area contributed by atoms with Crippen LogP contribution in [0.1, 0.15) is 12.5 Å². The van der Waals surface area contributed by atoms with E-state index < -0.39 is 67.9 Å². The summed E-state index contributed by atoms with van der Waals surface area (Å²) in [6.45, 7) is -1.12. The molecule has 8 N–H and O–H groups in total. The number of ether oxygens (including phenoxy) is 2. The van der Waals surface area contributed by atoms with Gasteiger partial charge in [-0.25, -0.2) is 9.55 Å². The summed E-state index contributed by atoms with van der Waals surface area (Å²) >= 11 is 0. The molecule has 2 aliphatic rings. The van der Waals surface area contributed by atoms with Crippen LogP contribution in [-0.4, -0.2) is 99.6 Å². The minimum absolute atomic E-state index is 0.0645. The molecule has 3 unspecified atom stereocenters. The molecule has 0 amide bonds. The molecule has 4 heterocycles. The number of anilines is 1. The average Bonchev–Trinajstić information content (AvgIpc) is 3.32. The van der Waals surface area contributed by atoms with Crippen LogP contribution < -0.4 is 11.3 Å². The maximum Gasteiger partial charge on any atom is 0.285 e. The van der Waals surface area contributed by atoms with Crippen LogP contribution in [0.2, 0.25) is 0 Å². The molecule has 14 heteroatoms. The number of rotatable bonds is 4. The van der Waals surface area contributed by atoms with Crippen LogP contribution in [-0.2, 0) is 9.47 Å². The monoisotopic (exact) mass is 415 g/mol. The van der Waals surface area contributed by atoms with Gasteiger partial charge in [0.2, 0.25) is 5.95 Å². The van der Waals surface area contributed by atoms with Gasteiger partial charge in [-0.3, -0.25) is 9.36 Å². The summed E-state index contributed by atoms with van der Waals surface area (Å²) in [5.74, 6) is -0.383. The third-order valence-electron chi connectivity index (χ3n) is 5.22. The summed E-state index contributed by atoms with van der Waals surface area (Å²) in [7, 11) is 0. The van der Waals surface area contributed by atoms with Gasteiger partial charge in [0, 0.05) is 0 Å². The van der Waals surface area contributed by atoms with Gasteiger partial charge in [0.25, 0.3) is 5.56 Å². The maximum atomic E-state index is 12.9. The van der Waals surface area contributed by atoms with Crippen LogP contribution >= 0.6 is 0 Å². The fourth-order valence-corrected chi connectivity index (χ4v) is 3.63. The van der Waals surface area contributed by atoms with Crippen LogP contribution in [0.25, 0.3) is 11.2 Å². The van der Waals surface area contributed by atoms with Crippen molar-refractivity contribution in [3.63, 3.8) is 0 Å². The third kappa shape index (κ3) is 2.92. The van der Waals surface area contributed by atoms with E-state index >= 15 is 0 Å². The molecule has 0 aromatic carbocycles. The Hall–Kier alpha value is -2.17. The van der Waals surface area contributed by atoms with E-state index in [-0.39, 0.29) is 17.1 Å². The minimum atomic E-state index is -1.55. The van der Waals surface area contributed by atoms with Crippen molar-refractivity contribution in [1.82, 2.24) is 19.1 Å². The fourth-order valence-electron chi connectivity index (χ4n) is 3.63. The molecule has 160 valence electrons. The third-order valence-corrected chi connectivity index (χ3v) is 5.22. The SMILES string of the molecule is Nc1nc2c(ncn2[C@@H]2O[C@H](CO)C(O)C2O)c(=O)n1C1O[C@H](CO)[C@@H](O)[C@H]1O. The standard InChI is InChI=1S/C15H21N5O9/c16-15-18-11-6(12(27)20(15)14-10(26)8(24)5(2-22)29-14)17-3-19(11)13-9(25)7(23)4(1-21)28-13/h3-5,7-10,13-14,21-26H,1-2H2,(H2,16,18)/t4-,5-,7?,8-,9?,10-,13-,14?/m1/s1. The van der Waals surface area contributed by atoms with Crippen molar-refractivity contribution in [1.29, 1.82) is 0 Å². The van der Waals surface area contributed by atoms with E-state index in [0.29, 0.717) is 0 Å². The van der Waals surface area contributed by atoms with E-state index in [1.54, 1.807) is 0 Å². The molecule has 14 nitrogen and oxygen atoms in total. The van der Waals surface area contributed by atoms with E-state index in [1.165, 1.54) is 4.57 Å². The molecular weight excluding hydrogens is 394 g/mol. The molecule has 0 spiro atoms. The number of aromatic nitrogens is 4. The van der Waals surface area contributed by atoms with Gasteiger partial charge in [0.05, 0.1) is 19.5 Å². The largest absolute Gasteiger partial charge is 0.394 e. The van der Waals surface area contributed by atoms with Gasteiger partial charge in [-0.15, -0.1) is 0 Å². The number of fused-ring (bicyclic) bond motifs is 1. The van der Waals surface area contributed by atoms with Crippen LogP contribution in [0.15, 0.2) is 11.1 Å². The highest BCUT2D eigenvalue weighted by atomic mass is 16.6. The zero-order valence-electron chi connectivity index (χ0n) is 14.9. The molecule has 2 aromatic rings. The van der Waals surface area contributed by atoms with E-state index in [2.05, 4.69) is 9.97 Å². The first-order valence-corrected chi connectivity index (χ1v) is 8.79. The molecule has 0 radical (unpaired) electrons. The van der Waals surface area contributed by atoms with Crippen molar-refractivity contribution in [2.24, 2.45) is 0 Å². The quantitative estimate of drug-likeness (QED) is 0.251. The number of imidazole rings is 1. The molecule has 0 bridgehead atoms. The molecule has 4 rings (SSSR count). The summed E-state index contributed by atoms with van der Waals surface area (Å²) < 4.78 is 12.7. The predicted molar refractivity (Wildman–Crippen MR) is 92.2 cm³/mol.